The van der Waals surface area contributed by atoms with E-state index in [2.05, 4.69) is 15.4 Å². The molecule has 0 radical (unpaired) electrons. The van der Waals surface area contributed by atoms with E-state index in [1.165, 1.54) is 23.3 Å². The Morgan fingerprint density at radius 3 is 2.84 bits per heavy atom. The molecule has 0 N–H and O–H groups in total. The van der Waals surface area contributed by atoms with E-state index in [-0.39, 0.29) is 16.4 Å². The zero-order valence-electron chi connectivity index (χ0n) is 13.1. The van der Waals surface area contributed by atoms with Crippen LogP contribution in [0.4, 0.5) is 0 Å². The van der Waals surface area contributed by atoms with Crippen molar-refractivity contribution in [3.8, 4) is 0 Å². The molecule has 0 spiro atoms. The van der Waals surface area contributed by atoms with Crippen LogP contribution in [0.5, 0.6) is 0 Å². The van der Waals surface area contributed by atoms with Crippen LogP contribution in [0.2, 0.25) is 10.0 Å². The maximum atomic E-state index is 12.4. The van der Waals surface area contributed by atoms with Crippen molar-refractivity contribution >= 4 is 35.0 Å². The smallest absolute Gasteiger partial charge is 0.344 e. The lowest BCUT2D eigenvalue weighted by molar-refractivity contribution is -0.115. The molecular formula is C16H14Cl2N4O3. The van der Waals surface area contributed by atoms with Crippen LogP contribution in [0.1, 0.15) is 35.2 Å². The van der Waals surface area contributed by atoms with Crippen LogP contribution in [0.25, 0.3) is 0 Å². The van der Waals surface area contributed by atoms with Crippen molar-refractivity contribution < 1.29 is 14.3 Å². The summed E-state index contributed by atoms with van der Waals surface area (Å²) in [6.07, 6.45) is 4.81. The lowest BCUT2D eigenvalue weighted by Gasteiger charge is -2.14. The van der Waals surface area contributed by atoms with Crippen LogP contribution < -0.4 is 0 Å². The molecule has 0 bridgehead atoms. The standard InChI is InChI=1S/C16H14Cl2N4O3/c17-14-5-4-13(16(24)25-11-3-1-2-10(23)8-11)15(18)12(14)6-7-22-20-9-19-21-22/h4-5,8-9H,1-3,6-7H2. The predicted molar refractivity (Wildman–Crippen MR) is 90.3 cm³/mol. The van der Waals surface area contributed by atoms with E-state index in [0.717, 1.165) is 0 Å². The summed E-state index contributed by atoms with van der Waals surface area (Å²) >= 11 is 12.6. The number of esters is 1. The second-order valence-corrected chi connectivity index (χ2v) is 6.27. The second-order valence-electron chi connectivity index (χ2n) is 5.49. The monoisotopic (exact) mass is 380 g/mol. The lowest BCUT2D eigenvalue weighted by atomic mass is 10.0. The summed E-state index contributed by atoms with van der Waals surface area (Å²) in [7, 11) is 0. The van der Waals surface area contributed by atoms with Gasteiger partial charge in [-0.25, -0.2) is 4.79 Å². The first-order valence-corrected chi connectivity index (χ1v) is 8.43. The SMILES string of the molecule is O=C1C=C(OC(=O)c2ccc(Cl)c(CCn3ncnn3)c2Cl)CCC1. The molecule has 3 rings (SSSR count). The van der Waals surface area contributed by atoms with E-state index < -0.39 is 5.97 Å². The van der Waals surface area contributed by atoms with Crippen LogP contribution in [0.15, 0.2) is 30.3 Å². The zero-order valence-corrected chi connectivity index (χ0v) is 14.6. The molecule has 0 amide bonds. The average Bonchev–Trinajstić information content (AvgIpc) is 3.08. The summed E-state index contributed by atoms with van der Waals surface area (Å²) in [6.45, 7) is 0.414. The first-order valence-electron chi connectivity index (χ1n) is 7.68. The molecule has 0 saturated heterocycles. The van der Waals surface area contributed by atoms with Crippen LogP contribution in [0, 0.1) is 0 Å². The van der Waals surface area contributed by atoms with Gasteiger partial charge in [0.15, 0.2) is 12.1 Å². The van der Waals surface area contributed by atoms with Gasteiger partial charge in [0, 0.05) is 23.9 Å². The van der Waals surface area contributed by atoms with Crippen molar-refractivity contribution in [3.63, 3.8) is 0 Å². The van der Waals surface area contributed by atoms with Gasteiger partial charge in [0.25, 0.3) is 0 Å². The van der Waals surface area contributed by atoms with Gasteiger partial charge < -0.3 is 4.74 Å². The Kier molecular flexibility index (Phi) is 5.45. The third kappa shape index (κ3) is 4.24. The molecule has 0 unspecified atom stereocenters. The Bertz CT molecular complexity index is 834. The van der Waals surface area contributed by atoms with Crippen molar-refractivity contribution in [1.29, 1.82) is 0 Å². The van der Waals surface area contributed by atoms with Crippen LogP contribution in [0.3, 0.4) is 0 Å². The van der Waals surface area contributed by atoms with Crippen LogP contribution in [-0.2, 0) is 22.5 Å². The van der Waals surface area contributed by atoms with E-state index in [1.807, 2.05) is 0 Å². The Balaban J connectivity index is 1.78. The highest BCUT2D eigenvalue weighted by molar-refractivity contribution is 6.38. The largest absolute Gasteiger partial charge is 0.427 e. The Labute approximate surface area is 153 Å². The highest BCUT2D eigenvalue weighted by atomic mass is 35.5. The van der Waals surface area contributed by atoms with Crippen molar-refractivity contribution in [3.05, 3.63) is 51.5 Å². The van der Waals surface area contributed by atoms with Crippen LogP contribution >= 0.6 is 23.2 Å². The van der Waals surface area contributed by atoms with Gasteiger partial charge in [-0.15, -0.1) is 10.2 Å². The molecule has 1 aromatic carbocycles. The quantitative estimate of drug-likeness (QED) is 0.740. The molecule has 0 fully saturated rings. The molecule has 25 heavy (non-hydrogen) atoms. The summed E-state index contributed by atoms with van der Waals surface area (Å²) in [6, 6.07) is 3.10. The van der Waals surface area contributed by atoms with Gasteiger partial charge in [-0.2, -0.15) is 4.80 Å². The Morgan fingerprint density at radius 2 is 2.12 bits per heavy atom. The molecule has 0 saturated carbocycles. The van der Waals surface area contributed by atoms with E-state index in [1.54, 1.807) is 6.07 Å². The van der Waals surface area contributed by atoms with Gasteiger partial charge in [0.1, 0.15) is 5.76 Å². The number of hydrogen-bond acceptors (Lipinski definition) is 6. The fourth-order valence-electron chi connectivity index (χ4n) is 2.50. The summed E-state index contributed by atoms with van der Waals surface area (Å²) < 4.78 is 5.31. The van der Waals surface area contributed by atoms with Crippen LogP contribution in [-0.4, -0.2) is 32.0 Å². The summed E-state index contributed by atoms with van der Waals surface area (Å²) in [5.41, 5.74) is 0.801. The number of allylic oxidation sites excluding steroid dienone is 2. The maximum Gasteiger partial charge on any atom is 0.344 e. The zero-order chi connectivity index (χ0) is 17.8. The summed E-state index contributed by atoms with van der Waals surface area (Å²) in [5.74, 6) is -0.291. The van der Waals surface area contributed by atoms with Gasteiger partial charge in [0.2, 0.25) is 0 Å². The molecule has 1 aromatic heterocycles. The normalized spacial score (nSPS) is 14.3. The van der Waals surface area contributed by atoms with Gasteiger partial charge in [-0.3, -0.25) is 4.79 Å². The second kappa shape index (κ2) is 7.76. The molecule has 1 aliphatic carbocycles. The van der Waals surface area contributed by atoms with Gasteiger partial charge in [-0.05, 0) is 35.8 Å². The number of aryl methyl sites for hydroxylation is 1. The first-order chi connectivity index (χ1) is 12.0. The maximum absolute atomic E-state index is 12.4. The fraction of sp³-hybridized carbons (Fsp3) is 0.312. The number of carbonyl (C=O) groups is 2. The van der Waals surface area contributed by atoms with Gasteiger partial charge >= 0.3 is 5.97 Å². The van der Waals surface area contributed by atoms with Crippen molar-refractivity contribution in [2.24, 2.45) is 0 Å². The fourth-order valence-corrected chi connectivity index (χ4v) is 3.14. The minimum Gasteiger partial charge on any atom is -0.427 e. The van der Waals surface area contributed by atoms with Gasteiger partial charge in [-0.1, -0.05) is 23.2 Å². The Hall–Kier alpha value is -2.25. The Morgan fingerprint density at radius 1 is 1.28 bits per heavy atom. The highest BCUT2D eigenvalue weighted by Crippen LogP contribution is 2.30. The number of hydrogen-bond donors (Lipinski definition) is 0. The molecule has 1 heterocycles. The minimum absolute atomic E-state index is 0.0442. The molecule has 7 nitrogen and oxygen atoms in total. The topological polar surface area (TPSA) is 87.0 Å². The van der Waals surface area contributed by atoms with Gasteiger partial charge in [0.05, 0.1) is 17.1 Å². The predicted octanol–water partition coefficient (Wildman–Crippen LogP) is 3.02. The third-order valence-electron chi connectivity index (χ3n) is 3.75. The molecule has 0 aliphatic heterocycles. The molecule has 130 valence electrons. The molecule has 2 aromatic rings. The summed E-state index contributed by atoms with van der Waals surface area (Å²) in [4.78, 5) is 25.2. The summed E-state index contributed by atoms with van der Waals surface area (Å²) in [5, 5.41) is 12.0. The third-order valence-corrected chi connectivity index (χ3v) is 4.54. The van der Waals surface area contributed by atoms with E-state index >= 15 is 0 Å². The minimum atomic E-state index is -0.609. The number of halogens is 2. The highest BCUT2D eigenvalue weighted by Gasteiger charge is 2.20. The molecule has 0 atom stereocenters. The lowest BCUT2D eigenvalue weighted by Crippen LogP contribution is -2.12. The number of benzene rings is 1. The number of ether oxygens (including phenoxy) is 1. The first kappa shape index (κ1) is 17.6. The number of carbonyl (C=O) groups excluding carboxylic acids is 2. The van der Waals surface area contributed by atoms with E-state index in [0.29, 0.717) is 48.6 Å². The van der Waals surface area contributed by atoms with Crippen molar-refractivity contribution in [2.45, 2.75) is 32.2 Å². The number of rotatable bonds is 5. The molecule has 1 aliphatic rings. The number of aromatic nitrogens is 4. The van der Waals surface area contributed by atoms with Crippen molar-refractivity contribution in [1.82, 2.24) is 20.2 Å². The number of ketones is 1. The van der Waals surface area contributed by atoms with Crippen molar-refractivity contribution in [2.75, 3.05) is 0 Å². The average molecular weight is 381 g/mol. The number of nitrogens with zero attached hydrogens (tertiary/aromatic N) is 4. The molecule has 9 heteroatoms. The molecular weight excluding hydrogens is 367 g/mol. The van der Waals surface area contributed by atoms with E-state index in [4.69, 9.17) is 27.9 Å². The van der Waals surface area contributed by atoms with E-state index in [9.17, 15) is 9.59 Å². The number of tetrazole rings is 1.